The molecule has 1 aromatic rings. The monoisotopic (exact) mass is 291 g/mol. The molecule has 0 atom stereocenters. The summed E-state index contributed by atoms with van der Waals surface area (Å²) in [6, 6.07) is 5.76. The van der Waals surface area contributed by atoms with Gasteiger partial charge in [0.1, 0.15) is 0 Å². The van der Waals surface area contributed by atoms with Crippen molar-refractivity contribution in [2.75, 3.05) is 6.61 Å². The Morgan fingerprint density at radius 3 is 2.19 bits per heavy atom. The molecule has 0 spiro atoms. The number of carbonyl (C=O) groups is 2. The van der Waals surface area contributed by atoms with Crippen LogP contribution in [0.25, 0.3) is 0 Å². The fourth-order valence-electron chi connectivity index (χ4n) is 2.41. The number of benzene rings is 1. The first-order valence-electron chi connectivity index (χ1n) is 7.29. The topological polar surface area (TPSA) is 46.6 Å². The number of amides is 1. The molecule has 0 aliphatic rings. The van der Waals surface area contributed by atoms with Gasteiger partial charge in [-0.1, -0.05) is 17.7 Å². The van der Waals surface area contributed by atoms with Crippen LogP contribution in [0.4, 0.5) is 0 Å². The molecule has 0 saturated heterocycles. The van der Waals surface area contributed by atoms with Gasteiger partial charge in [-0.3, -0.25) is 4.79 Å². The van der Waals surface area contributed by atoms with Crippen molar-refractivity contribution in [2.24, 2.45) is 0 Å². The van der Waals surface area contributed by atoms with Gasteiger partial charge >= 0.3 is 5.97 Å². The third-order valence-corrected chi connectivity index (χ3v) is 3.34. The molecule has 0 bridgehead atoms. The minimum atomic E-state index is -0.447. The van der Waals surface area contributed by atoms with E-state index in [1.165, 1.54) is 0 Å². The Hall–Kier alpha value is -1.84. The summed E-state index contributed by atoms with van der Waals surface area (Å²) in [5.41, 5.74) is 2.36. The molecule has 0 aromatic heterocycles. The van der Waals surface area contributed by atoms with Crippen molar-refractivity contribution in [1.82, 2.24) is 4.90 Å². The first kappa shape index (κ1) is 17.2. The second kappa shape index (κ2) is 7.25. The summed E-state index contributed by atoms with van der Waals surface area (Å²) in [5, 5.41) is 0. The van der Waals surface area contributed by atoms with Crippen molar-refractivity contribution in [3.8, 4) is 0 Å². The number of carbonyl (C=O) groups excluding carboxylic acids is 2. The lowest BCUT2D eigenvalue weighted by Gasteiger charge is -2.30. The molecule has 1 rings (SSSR count). The summed E-state index contributed by atoms with van der Waals surface area (Å²) >= 11 is 0. The Morgan fingerprint density at radius 2 is 1.67 bits per heavy atom. The van der Waals surface area contributed by atoms with Crippen LogP contribution in [0.15, 0.2) is 18.2 Å². The van der Waals surface area contributed by atoms with Crippen LogP contribution in [0.1, 0.15) is 49.2 Å². The zero-order valence-corrected chi connectivity index (χ0v) is 13.8. The standard InChI is InChI=1S/C17H25NO3/c1-11(2)18(12(3)4)16(19)10-21-17(20)15-9-13(5)7-8-14(15)6/h7-9,11-12H,10H2,1-6H3. The van der Waals surface area contributed by atoms with E-state index in [9.17, 15) is 9.59 Å². The van der Waals surface area contributed by atoms with Crippen molar-refractivity contribution >= 4 is 11.9 Å². The van der Waals surface area contributed by atoms with Gasteiger partial charge in [0, 0.05) is 12.1 Å². The van der Waals surface area contributed by atoms with Crippen LogP contribution in [0.2, 0.25) is 0 Å². The van der Waals surface area contributed by atoms with Crippen LogP contribution in [-0.4, -0.2) is 35.5 Å². The van der Waals surface area contributed by atoms with Crippen LogP contribution in [-0.2, 0) is 9.53 Å². The maximum absolute atomic E-state index is 12.2. The van der Waals surface area contributed by atoms with E-state index in [0.717, 1.165) is 11.1 Å². The zero-order chi connectivity index (χ0) is 16.2. The number of aryl methyl sites for hydroxylation is 2. The molecule has 0 radical (unpaired) electrons. The SMILES string of the molecule is Cc1ccc(C)c(C(=O)OCC(=O)N(C(C)C)C(C)C)c1. The number of nitrogens with zero attached hydrogens (tertiary/aromatic N) is 1. The fraction of sp³-hybridized carbons (Fsp3) is 0.529. The van der Waals surface area contributed by atoms with Gasteiger partial charge in [-0.2, -0.15) is 0 Å². The van der Waals surface area contributed by atoms with Crippen LogP contribution < -0.4 is 0 Å². The van der Waals surface area contributed by atoms with E-state index < -0.39 is 5.97 Å². The molecular weight excluding hydrogens is 266 g/mol. The number of ether oxygens (including phenoxy) is 1. The fourth-order valence-corrected chi connectivity index (χ4v) is 2.41. The molecule has 0 aliphatic heterocycles. The third kappa shape index (κ3) is 4.59. The minimum Gasteiger partial charge on any atom is -0.452 e. The second-order valence-electron chi connectivity index (χ2n) is 5.88. The van der Waals surface area contributed by atoms with Gasteiger partial charge in [-0.05, 0) is 53.2 Å². The van der Waals surface area contributed by atoms with Gasteiger partial charge in [0.25, 0.3) is 5.91 Å². The van der Waals surface area contributed by atoms with E-state index in [1.807, 2.05) is 53.7 Å². The Morgan fingerprint density at radius 1 is 1.10 bits per heavy atom. The predicted octanol–water partition coefficient (Wildman–Crippen LogP) is 3.11. The quantitative estimate of drug-likeness (QED) is 0.783. The molecule has 1 aromatic carbocycles. The molecule has 0 saturated carbocycles. The molecule has 1 amide bonds. The molecule has 0 fully saturated rings. The van der Waals surface area contributed by atoms with E-state index in [-0.39, 0.29) is 24.6 Å². The first-order valence-corrected chi connectivity index (χ1v) is 7.29. The Balaban J connectivity index is 2.72. The van der Waals surface area contributed by atoms with Crippen LogP contribution >= 0.6 is 0 Å². The van der Waals surface area contributed by atoms with Crippen LogP contribution in [0.5, 0.6) is 0 Å². The Kier molecular flexibility index (Phi) is 5.94. The molecule has 116 valence electrons. The highest BCUT2D eigenvalue weighted by Gasteiger charge is 2.22. The molecule has 4 heteroatoms. The normalized spacial score (nSPS) is 10.9. The molecule has 0 N–H and O–H groups in total. The number of hydrogen-bond donors (Lipinski definition) is 0. The minimum absolute atomic E-state index is 0.0805. The number of hydrogen-bond acceptors (Lipinski definition) is 3. The van der Waals surface area contributed by atoms with Gasteiger partial charge < -0.3 is 9.64 Å². The lowest BCUT2D eigenvalue weighted by Crippen LogP contribution is -2.44. The predicted molar refractivity (Wildman–Crippen MR) is 83.3 cm³/mol. The summed E-state index contributed by atoms with van der Waals surface area (Å²) < 4.78 is 5.18. The molecule has 0 unspecified atom stereocenters. The van der Waals surface area contributed by atoms with Gasteiger partial charge in [-0.15, -0.1) is 0 Å². The van der Waals surface area contributed by atoms with Gasteiger partial charge in [-0.25, -0.2) is 4.79 Å². The van der Waals surface area contributed by atoms with E-state index in [2.05, 4.69) is 0 Å². The van der Waals surface area contributed by atoms with Gasteiger partial charge in [0.05, 0.1) is 5.56 Å². The maximum atomic E-state index is 12.2. The second-order valence-corrected chi connectivity index (χ2v) is 5.88. The van der Waals surface area contributed by atoms with E-state index in [1.54, 1.807) is 11.0 Å². The molecular formula is C17H25NO3. The van der Waals surface area contributed by atoms with Gasteiger partial charge in [0.15, 0.2) is 6.61 Å². The highest BCUT2D eigenvalue weighted by molar-refractivity contribution is 5.92. The van der Waals surface area contributed by atoms with Gasteiger partial charge in [0.2, 0.25) is 0 Å². The lowest BCUT2D eigenvalue weighted by atomic mass is 10.1. The summed E-state index contributed by atoms with van der Waals surface area (Å²) in [7, 11) is 0. The average molecular weight is 291 g/mol. The zero-order valence-electron chi connectivity index (χ0n) is 13.8. The highest BCUT2D eigenvalue weighted by atomic mass is 16.5. The summed E-state index contributed by atoms with van der Waals surface area (Å²) in [6.45, 7) is 11.3. The number of rotatable bonds is 5. The summed E-state index contributed by atoms with van der Waals surface area (Å²) in [6.07, 6.45) is 0. The summed E-state index contributed by atoms with van der Waals surface area (Å²) in [4.78, 5) is 26.0. The van der Waals surface area contributed by atoms with Crippen LogP contribution in [0, 0.1) is 13.8 Å². The molecule has 0 aliphatic carbocycles. The summed E-state index contributed by atoms with van der Waals surface area (Å²) in [5.74, 6) is -0.615. The lowest BCUT2D eigenvalue weighted by molar-refractivity contribution is -0.138. The van der Waals surface area contributed by atoms with Crippen molar-refractivity contribution in [1.29, 1.82) is 0 Å². The van der Waals surface area contributed by atoms with Crippen molar-refractivity contribution < 1.29 is 14.3 Å². The highest BCUT2D eigenvalue weighted by Crippen LogP contribution is 2.12. The Labute approximate surface area is 127 Å². The average Bonchev–Trinajstić information content (AvgIpc) is 2.38. The van der Waals surface area contributed by atoms with Crippen molar-refractivity contribution in [2.45, 2.75) is 53.6 Å². The molecule has 0 heterocycles. The van der Waals surface area contributed by atoms with E-state index in [4.69, 9.17) is 4.74 Å². The first-order chi connectivity index (χ1) is 9.73. The van der Waals surface area contributed by atoms with Crippen molar-refractivity contribution in [3.63, 3.8) is 0 Å². The smallest absolute Gasteiger partial charge is 0.338 e. The molecule has 21 heavy (non-hydrogen) atoms. The van der Waals surface area contributed by atoms with E-state index in [0.29, 0.717) is 5.56 Å². The number of esters is 1. The maximum Gasteiger partial charge on any atom is 0.338 e. The van der Waals surface area contributed by atoms with Crippen LogP contribution in [0.3, 0.4) is 0 Å². The largest absolute Gasteiger partial charge is 0.452 e. The third-order valence-electron chi connectivity index (χ3n) is 3.34. The van der Waals surface area contributed by atoms with E-state index >= 15 is 0 Å². The molecule has 4 nitrogen and oxygen atoms in total. The van der Waals surface area contributed by atoms with Crippen molar-refractivity contribution in [3.05, 3.63) is 34.9 Å². The Bertz CT molecular complexity index is 513.